The standard InChI is InChI=1S/C10H20N4O/c1-4-5-10(2,15)8-11-6-9-7-14(3)13-12-9/h7,11,15H,4-6,8H2,1-3H3. The summed E-state index contributed by atoms with van der Waals surface area (Å²) in [6, 6.07) is 0. The lowest BCUT2D eigenvalue weighted by molar-refractivity contribution is 0.0497. The third-order valence-corrected chi connectivity index (χ3v) is 2.25. The van der Waals surface area contributed by atoms with Crippen LogP contribution in [-0.4, -0.2) is 32.2 Å². The van der Waals surface area contributed by atoms with Crippen LogP contribution in [0.15, 0.2) is 6.20 Å². The Balaban J connectivity index is 2.27. The molecule has 0 spiro atoms. The van der Waals surface area contributed by atoms with Crippen molar-refractivity contribution in [2.75, 3.05) is 6.54 Å². The van der Waals surface area contributed by atoms with Gasteiger partial charge >= 0.3 is 0 Å². The Bertz CT molecular complexity index is 295. The van der Waals surface area contributed by atoms with Crippen molar-refractivity contribution in [2.24, 2.45) is 7.05 Å². The van der Waals surface area contributed by atoms with Gasteiger partial charge in [0.05, 0.1) is 11.3 Å². The smallest absolute Gasteiger partial charge is 0.0964 e. The van der Waals surface area contributed by atoms with E-state index < -0.39 is 5.60 Å². The number of hydrogen-bond donors (Lipinski definition) is 2. The Hall–Kier alpha value is -0.940. The van der Waals surface area contributed by atoms with Crippen LogP contribution >= 0.6 is 0 Å². The Morgan fingerprint density at radius 3 is 2.87 bits per heavy atom. The van der Waals surface area contributed by atoms with E-state index >= 15 is 0 Å². The van der Waals surface area contributed by atoms with Gasteiger partial charge < -0.3 is 10.4 Å². The zero-order chi connectivity index (χ0) is 11.3. The minimum atomic E-state index is -0.628. The molecule has 1 aromatic heterocycles. The lowest BCUT2D eigenvalue weighted by Gasteiger charge is -2.22. The number of aryl methyl sites for hydroxylation is 1. The molecule has 5 nitrogen and oxygen atoms in total. The minimum absolute atomic E-state index is 0.581. The average molecular weight is 212 g/mol. The third-order valence-electron chi connectivity index (χ3n) is 2.25. The van der Waals surface area contributed by atoms with E-state index in [0.29, 0.717) is 13.1 Å². The van der Waals surface area contributed by atoms with Crippen LogP contribution in [0.25, 0.3) is 0 Å². The zero-order valence-electron chi connectivity index (χ0n) is 9.69. The van der Waals surface area contributed by atoms with E-state index in [9.17, 15) is 5.11 Å². The lowest BCUT2D eigenvalue weighted by atomic mass is 10.0. The van der Waals surface area contributed by atoms with Crippen LogP contribution in [0, 0.1) is 0 Å². The molecule has 0 amide bonds. The lowest BCUT2D eigenvalue weighted by Crippen LogP contribution is -2.37. The fourth-order valence-corrected chi connectivity index (χ4v) is 1.56. The van der Waals surface area contributed by atoms with E-state index in [1.807, 2.05) is 20.2 Å². The summed E-state index contributed by atoms with van der Waals surface area (Å²) in [4.78, 5) is 0. The molecule has 5 heteroatoms. The van der Waals surface area contributed by atoms with Gasteiger partial charge in [-0.25, -0.2) is 0 Å². The van der Waals surface area contributed by atoms with Crippen LogP contribution in [0.5, 0.6) is 0 Å². The highest BCUT2D eigenvalue weighted by molar-refractivity contribution is 4.91. The van der Waals surface area contributed by atoms with Gasteiger partial charge in [-0.15, -0.1) is 5.10 Å². The molecular formula is C10H20N4O. The molecule has 1 unspecified atom stereocenters. The van der Waals surface area contributed by atoms with Crippen LogP contribution < -0.4 is 5.32 Å². The first-order chi connectivity index (χ1) is 7.03. The monoisotopic (exact) mass is 212 g/mol. The van der Waals surface area contributed by atoms with Crippen molar-refractivity contribution in [1.29, 1.82) is 0 Å². The summed E-state index contributed by atoms with van der Waals surface area (Å²) < 4.78 is 1.67. The van der Waals surface area contributed by atoms with Gasteiger partial charge in [0.2, 0.25) is 0 Å². The van der Waals surface area contributed by atoms with Gasteiger partial charge in [0.25, 0.3) is 0 Å². The van der Waals surface area contributed by atoms with Crippen molar-refractivity contribution < 1.29 is 5.11 Å². The fourth-order valence-electron chi connectivity index (χ4n) is 1.56. The van der Waals surface area contributed by atoms with Crippen LogP contribution in [-0.2, 0) is 13.6 Å². The highest BCUT2D eigenvalue weighted by Crippen LogP contribution is 2.10. The summed E-state index contributed by atoms with van der Waals surface area (Å²) in [5.74, 6) is 0. The largest absolute Gasteiger partial charge is 0.389 e. The van der Waals surface area contributed by atoms with E-state index in [1.165, 1.54) is 0 Å². The van der Waals surface area contributed by atoms with Crippen LogP contribution in [0.4, 0.5) is 0 Å². The quantitative estimate of drug-likeness (QED) is 0.719. The molecule has 0 bridgehead atoms. The predicted molar refractivity (Wildman–Crippen MR) is 58.2 cm³/mol. The van der Waals surface area contributed by atoms with Gasteiger partial charge in [-0.3, -0.25) is 4.68 Å². The molecule has 1 aromatic rings. The normalized spacial score (nSPS) is 15.2. The van der Waals surface area contributed by atoms with Gasteiger partial charge in [0, 0.05) is 26.3 Å². The van der Waals surface area contributed by atoms with Gasteiger partial charge in [0.1, 0.15) is 0 Å². The Labute approximate surface area is 90.5 Å². The average Bonchev–Trinajstić information content (AvgIpc) is 2.51. The molecule has 0 saturated carbocycles. The first kappa shape index (κ1) is 12.1. The summed E-state index contributed by atoms with van der Waals surface area (Å²) in [7, 11) is 1.84. The van der Waals surface area contributed by atoms with Crippen molar-refractivity contribution in [3.8, 4) is 0 Å². The second-order valence-electron chi connectivity index (χ2n) is 4.23. The maximum atomic E-state index is 9.89. The van der Waals surface area contributed by atoms with Gasteiger partial charge in [-0.1, -0.05) is 18.6 Å². The third kappa shape index (κ3) is 4.40. The molecule has 0 aliphatic heterocycles. The van der Waals surface area contributed by atoms with E-state index in [0.717, 1.165) is 18.5 Å². The maximum Gasteiger partial charge on any atom is 0.0964 e. The molecule has 2 N–H and O–H groups in total. The zero-order valence-corrected chi connectivity index (χ0v) is 9.69. The Morgan fingerprint density at radius 1 is 1.60 bits per heavy atom. The second kappa shape index (κ2) is 5.23. The highest BCUT2D eigenvalue weighted by atomic mass is 16.3. The SMILES string of the molecule is CCCC(C)(O)CNCc1cn(C)nn1. The first-order valence-corrected chi connectivity index (χ1v) is 5.32. The number of aromatic nitrogens is 3. The molecule has 86 valence electrons. The predicted octanol–water partition coefficient (Wildman–Crippen LogP) is 0.456. The molecule has 0 aromatic carbocycles. The van der Waals surface area contributed by atoms with E-state index in [-0.39, 0.29) is 0 Å². The van der Waals surface area contributed by atoms with Crippen molar-refractivity contribution in [3.05, 3.63) is 11.9 Å². The molecule has 0 fully saturated rings. The molecule has 0 saturated heterocycles. The van der Waals surface area contributed by atoms with Crippen molar-refractivity contribution in [3.63, 3.8) is 0 Å². The van der Waals surface area contributed by atoms with Gasteiger partial charge in [-0.05, 0) is 13.3 Å². The number of nitrogens with one attached hydrogen (secondary N) is 1. The summed E-state index contributed by atoms with van der Waals surface area (Å²) in [5, 5.41) is 20.9. The van der Waals surface area contributed by atoms with Crippen molar-refractivity contribution in [2.45, 2.75) is 38.8 Å². The number of nitrogens with zero attached hydrogens (tertiary/aromatic N) is 3. The number of aliphatic hydroxyl groups is 1. The van der Waals surface area contributed by atoms with Crippen LogP contribution in [0.1, 0.15) is 32.4 Å². The molecular weight excluding hydrogens is 192 g/mol. The molecule has 0 aliphatic carbocycles. The fraction of sp³-hybridized carbons (Fsp3) is 0.800. The highest BCUT2D eigenvalue weighted by Gasteiger charge is 2.18. The molecule has 0 aliphatic rings. The van der Waals surface area contributed by atoms with Gasteiger partial charge in [-0.2, -0.15) is 0 Å². The number of hydrogen-bond acceptors (Lipinski definition) is 4. The molecule has 1 rings (SSSR count). The van der Waals surface area contributed by atoms with E-state index in [2.05, 4.69) is 22.6 Å². The minimum Gasteiger partial charge on any atom is -0.389 e. The Kier molecular flexibility index (Phi) is 4.23. The van der Waals surface area contributed by atoms with Crippen molar-refractivity contribution in [1.82, 2.24) is 20.3 Å². The summed E-state index contributed by atoms with van der Waals surface area (Å²) in [5.41, 5.74) is 0.265. The van der Waals surface area contributed by atoms with Crippen LogP contribution in [0.2, 0.25) is 0 Å². The summed E-state index contributed by atoms with van der Waals surface area (Å²) >= 11 is 0. The first-order valence-electron chi connectivity index (χ1n) is 5.32. The van der Waals surface area contributed by atoms with Crippen LogP contribution in [0.3, 0.4) is 0 Å². The topological polar surface area (TPSA) is 63.0 Å². The molecule has 1 atom stereocenters. The molecule has 0 radical (unpaired) electrons. The molecule has 1 heterocycles. The summed E-state index contributed by atoms with van der Waals surface area (Å²) in [6.07, 6.45) is 3.65. The number of rotatable bonds is 6. The maximum absolute atomic E-state index is 9.89. The van der Waals surface area contributed by atoms with Crippen molar-refractivity contribution >= 4 is 0 Å². The van der Waals surface area contributed by atoms with Gasteiger partial charge in [0.15, 0.2) is 0 Å². The van der Waals surface area contributed by atoms with E-state index in [1.54, 1.807) is 4.68 Å². The Morgan fingerprint density at radius 2 is 2.33 bits per heavy atom. The molecule has 15 heavy (non-hydrogen) atoms. The second-order valence-corrected chi connectivity index (χ2v) is 4.23. The summed E-state index contributed by atoms with van der Waals surface area (Å²) in [6.45, 7) is 5.14. The van der Waals surface area contributed by atoms with E-state index in [4.69, 9.17) is 0 Å².